The number of fused-ring (bicyclic) bond motifs is 1. The summed E-state index contributed by atoms with van der Waals surface area (Å²) in [5.41, 5.74) is 4.89. The van der Waals surface area contributed by atoms with Crippen molar-refractivity contribution in [2.24, 2.45) is 0 Å². The average Bonchev–Trinajstić information content (AvgIpc) is 3.40. The summed E-state index contributed by atoms with van der Waals surface area (Å²) < 4.78 is 6.00. The minimum Gasteiger partial charge on any atom is -0.464 e. The monoisotopic (exact) mass is 485 g/mol. The highest BCUT2D eigenvalue weighted by Crippen LogP contribution is 2.34. The van der Waals surface area contributed by atoms with Gasteiger partial charge in [0.25, 0.3) is 11.7 Å². The molecule has 36 heavy (non-hydrogen) atoms. The summed E-state index contributed by atoms with van der Waals surface area (Å²) in [5.74, 6) is 0.180. The molecular weight excluding hydrogens is 454 g/mol. The van der Waals surface area contributed by atoms with Crippen LogP contribution >= 0.6 is 0 Å². The molecule has 186 valence electrons. The Morgan fingerprint density at radius 2 is 1.75 bits per heavy atom. The van der Waals surface area contributed by atoms with Gasteiger partial charge in [-0.25, -0.2) is 0 Å². The van der Waals surface area contributed by atoms with Crippen molar-refractivity contribution in [3.8, 4) is 0 Å². The predicted octanol–water partition coefficient (Wildman–Crippen LogP) is 4.49. The van der Waals surface area contributed by atoms with Gasteiger partial charge in [-0.1, -0.05) is 18.2 Å². The zero-order valence-electron chi connectivity index (χ0n) is 21.0. The van der Waals surface area contributed by atoms with E-state index in [1.807, 2.05) is 19.1 Å². The zero-order chi connectivity index (χ0) is 25.4. The number of ketones is 1. The van der Waals surface area contributed by atoms with E-state index in [2.05, 4.69) is 35.3 Å². The van der Waals surface area contributed by atoms with E-state index < -0.39 is 17.7 Å². The Balaban J connectivity index is 1.44. The van der Waals surface area contributed by atoms with Crippen LogP contribution in [-0.2, 0) is 16.0 Å². The van der Waals surface area contributed by atoms with Crippen LogP contribution in [0.2, 0.25) is 0 Å². The van der Waals surface area contributed by atoms with E-state index in [-0.39, 0.29) is 12.3 Å². The molecule has 2 aliphatic heterocycles. The van der Waals surface area contributed by atoms with E-state index in [9.17, 15) is 14.4 Å². The maximum atomic E-state index is 13.3. The molecule has 2 amide bonds. The molecule has 0 saturated carbocycles. The molecule has 1 saturated heterocycles. The maximum absolute atomic E-state index is 13.3. The molecule has 0 spiro atoms. The number of anilines is 2. The van der Waals surface area contributed by atoms with Crippen molar-refractivity contribution in [1.82, 2.24) is 5.32 Å². The van der Waals surface area contributed by atoms with Crippen LogP contribution in [0.1, 0.15) is 63.9 Å². The van der Waals surface area contributed by atoms with E-state index in [0.29, 0.717) is 22.6 Å². The lowest BCUT2D eigenvalue weighted by Gasteiger charge is -2.32. The maximum Gasteiger partial charge on any atom is 0.299 e. The summed E-state index contributed by atoms with van der Waals surface area (Å²) >= 11 is 0. The van der Waals surface area contributed by atoms with Crippen molar-refractivity contribution in [1.29, 1.82) is 0 Å². The number of likely N-dealkylation sites (N-methyl/N-ethyl adjacent to an activating group) is 1. The Morgan fingerprint density at radius 3 is 2.47 bits per heavy atom. The lowest BCUT2D eigenvalue weighted by Crippen LogP contribution is -2.34. The lowest BCUT2D eigenvalue weighted by molar-refractivity contribution is -0.121. The van der Waals surface area contributed by atoms with Crippen molar-refractivity contribution in [2.75, 3.05) is 29.9 Å². The number of amides is 2. The predicted molar refractivity (Wildman–Crippen MR) is 139 cm³/mol. The Kier molecular flexibility index (Phi) is 6.39. The van der Waals surface area contributed by atoms with E-state index in [0.717, 1.165) is 42.9 Å². The van der Waals surface area contributed by atoms with Crippen LogP contribution in [0.5, 0.6) is 0 Å². The summed E-state index contributed by atoms with van der Waals surface area (Å²) in [7, 11) is 1.58. The minimum absolute atomic E-state index is 0.0829. The SMILES string of the molecule is Cc1ccc(C(NC(=O)Cc2ccc3c(c2)C(=O)C(=O)N3C)c2ccc(C)o2)c(N2CCCCC2)c1. The highest BCUT2D eigenvalue weighted by Gasteiger charge is 2.33. The highest BCUT2D eigenvalue weighted by molar-refractivity contribution is 6.52. The van der Waals surface area contributed by atoms with Gasteiger partial charge in [-0.2, -0.15) is 0 Å². The number of carbonyl (C=O) groups excluding carboxylic acids is 3. The first-order valence-electron chi connectivity index (χ1n) is 12.5. The number of hydrogen-bond donors (Lipinski definition) is 1. The Hall–Kier alpha value is -3.87. The topological polar surface area (TPSA) is 82.9 Å². The summed E-state index contributed by atoms with van der Waals surface area (Å²) in [6.07, 6.45) is 3.62. The fraction of sp³-hybridized carbons (Fsp3) is 0.345. The molecular formula is C29H31N3O4. The van der Waals surface area contributed by atoms with Gasteiger partial charge in [-0.3, -0.25) is 14.4 Å². The third-order valence-electron chi connectivity index (χ3n) is 7.08. The van der Waals surface area contributed by atoms with Gasteiger partial charge in [-0.15, -0.1) is 0 Å². The van der Waals surface area contributed by atoms with Crippen LogP contribution < -0.4 is 15.1 Å². The lowest BCUT2D eigenvalue weighted by atomic mass is 9.97. The number of benzene rings is 2. The minimum atomic E-state index is -0.551. The van der Waals surface area contributed by atoms with E-state index in [1.54, 1.807) is 25.2 Å². The van der Waals surface area contributed by atoms with Gasteiger partial charge in [0.1, 0.15) is 17.6 Å². The zero-order valence-corrected chi connectivity index (χ0v) is 21.0. The van der Waals surface area contributed by atoms with E-state index in [4.69, 9.17) is 4.42 Å². The molecule has 7 nitrogen and oxygen atoms in total. The number of furan rings is 1. The highest BCUT2D eigenvalue weighted by atomic mass is 16.3. The van der Waals surface area contributed by atoms with Gasteiger partial charge in [0.2, 0.25) is 5.91 Å². The van der Waals surface area contributed by atoms with Crippen molar-refractivity contribution < 1.29 is 18.8 Å². The number of nitrogens with one attached hydrogen (secondary N) is 1. The fourth-order valence-electron chi connectivity index (χ4n) is 5.16. The molecule has 0 radical (unpaired) electrons. The van der Waals surface area contributed by atoms with Gasteiger partial charge >= 0.3 is 0 Å². The van der Waals surface area contributed by atoms with Crippen LogP contribution in [0, 0.1) is 13.8 Å². The number of rotatable bonds is 6. The number of carbonyl (C=O) groups is 3. The van der Waals surface area contributed by atoms with E-state index >= 15 is 0 Å². The third kappa shape index (κ3) is 4.53. The van der Waals surface area contributed by atoms with Crippen LogP contribution in [0.25, 0.3) is 0 Å². The molecule has 3 heterocycles. The number of hydrogen-bond acceptors (Lipinski definition) is 5. The quantitative estimate of drug-likeness (QED) is 0.520. The molecule has 1 N–H and O–H groups in total. The second kappa shape index (κ2) is 9.64. The van der Waals surface area contributed by atoms with Crippen molar-refractivity contribution >= 4 is 29.0 Å². The summed E-state index contributed by atoms with van der Waals surface area (Å²) in [4.78, 5) is 41.4. The average molecular weight is 486 g/mol. The molecule has 3 aromatic rings. The molecule has 2 aliphatic rings. The molecule has 0 bridgehead atoms. The standard InChI is InChI=1S/C29H31N3O4/c1-18-7-10-21(24(15-18)32-13-5-4-6-14-32)27(25-12-8-19(2)36-25)30-26(33)17-20-9-11-23-22(16-20)28(34)29(35)31(23)3/h7-12,15-16,27H,4-6,13-14,17H2,1-3H3,(H,30,33). The Labute approximate surface area is 211 Å². The first-order valence-corrected chi connectivity index (χ1v) is 12.5. The fourth-order valence-corrected chi connectivity index (χ4v) is 5.16. The van der Waals surface area contributed by atoms with Gasteiger partial charge in [0.05, 0.1) is 17.7 Å². The first kappa shape index (κ1) is 23.9. The molecule has 7 heteroatoms. The van der Waals surface area contributed by atoms with Crippen LogP contribution in [0.15, 0.2) is 52.9 Å². The van der Waals surface area contributed by atoms with Crippen LogP contribution in [-0.4, -0.2) is 37.7 Å². The summed E-state index contributed by atoms with van der Waals surface area (Å²) in [6.45, 7) is 5.96. The number of nitrogens with zero attached hydrogens (tertiary/aromatic N) is 2. The Morgan fingerprint density at radius 1 is 0.972 bits per heavy atom. The van der Waals surface area contributed by atoms with Gasteiger partial charge < -0.3 is 19.5 Å². The largest absolute Gasteiger partial charge is 0.464 e. The summed E-state index contributed by atoms with van der Waals surface area (Å²) in [6, 6.07) is 14.9. The first-order chi connectivity index (χ1) is 17.3. The summed E-state index contributed by atoms with van der Waals surface area (Å²) in [5, 5.41) is 3.19. The van der Waals surface area contributed by atoms with Gasteiger partial charge in [-0.05, 0) is 74.6 Å². The second-order valence-corrected chi connectivity index (χ2v) is 9.78. The molecule has 0 aliphatic carbocycles. The molecule has 1 aromatic heterocycles. The molecule has 1 atom stereocenters. The third-order valence-corrected chi connectivity index (χ3v) is 7.08. The molecule has 1 fully saturated rings. The second-order valence-electron chi connectivity index (χ2n) is 9.78. The molecule has 1 unspecified atom stereocenters. The van der Waals surface area contributed by atoms with Crippen LogP contribution in [0.4, 0.5) is 11.4 Å². The van der Waals surface area contributed by atoms with E-state index in [1.165, 1.54) is 16.9 Å². The van der Waals surface area contributed by atoms with Gasteiger partial charge in [0, 0.05) is 31.4 Å². The Bertz CT molecular complexity index is 1340. The van der Waals surface area contributed by atoms with Crippen LogP contribution in [0.3, 0.4) is 0 Å². The molecule has 2 aromatic carbocycles. The van der Waals surface area contributed by atoms with Crippen molar-refractivity contribution in [3.63, 3.8) is 0 Å². The number of aryl methyl sites for hydroxylation is 2. The van der Waals surface area contributed by atoms with Crippen molar-refractivity contribution in [3.05, 3.63) is 82.3 Å². The number of piperidine rings is 1. The van der Waals surface area contributed by atoms with Crippen molar-refractivity contribution in [2.45, 2.75) is 45.6 Å². The number of Topliss-reactive ketones (excluding diaryl/α,β-unsaturated/α-hetero) is 1. The van der Waals surface area contributed by atoms with Gasteiger partial charge in [0.15, 0.2) is 0 Å². The molecule has 5 rings (SSSR count). The normalized spacial score (nSPS) is 16.3. The smallest absolute Gasteiger partial charge is 0.299 e.